The number of nitrogens with zero attached hydrogens (tertiary/aromatic N) is 2. The first kappa shape index (κ1) is 21.0. The minimum Gasteiger partial charge on any atom is -0.493 e. The average Bonchev–Trinajstić information content (AvgIpc) is 3.35. The van der Waals surface area contributed by atoms with Crippen molar-refractivity contribution in [1.29, 1.82) is 0 Å². The lowest BCUT2D eigenvalue weighted by Gasteiger charge is -2.20. The highest BCUT2D eigenvalue weighted by molar-refractivity contribution is 5.72. The smallest absolute Gasteiger partial charge is 0.235 e. The van der Waals surface area contributed by atoms with E-state index < -0.39 is 11.6 Å². The van der Waals surface area contributed by atoms with Crippen LogP contribution >= 0.6 is 0 Å². The lowest BCUT2D eigenvalue weighted by atomic mass is 9.85. The molecule has 29 heavy (non-hydrogen) atoms. The summed E-state index contributed by atoms with van der Waals surface area (Å²) in [5, 5.41) is 10.4. The largest absolute Gasteiger partial charge is 0.493 e. The van der Waals surface area contributed by atoms with E-state index in [0.717, 1.165) is 43.7 Å². The second-order valence-corrected chi connectivity index (χ2v) is 7.25. The summed E-state index contributed by atoms with van der Waals surface area (Å²) in [6, 6.07) is 2.29. The fourth-order valence-electron chi connectivity index (χ4n) is 2.67. The van der Waals surface area contributed by atoms with Crippen LogP contribution in [-0.4, -0.2) is 29.8 Å². The summed E-state index contributed by atoms with van der Waals surface area (Å²) in [5.41, 5.74) is 0. The van der Waals surface area contributed by atoms with E-state index in [2.05, 4.69) is 20.3 Å². The summed E-state index contributed by atoms with van der Waals surface area (Å²) < 4.78 is 41.6. The van der Waals surface area contributed by atoms with Crippen molar-refractivity contribution in [3.05, 3.63) is 35.5 Å². The first-order valence-corrected chi connectivity index (χ1v) is 9.68. The second kappa shape index (κ2) is 9.67. The average molecular weight is 409 g/mol. The fraction of sp³-hybridized carbons (Fsp3) is 0.550. The van der Waals surface area contributed by atoms with E-state index in [9.17, 15) is 13.6 Å². The van der Waals surface area contributed by atoms with Crippen LogP contribution in [0, 0.1) is 17.6 Å². The first-order valence-electron chi connectivity index (χ1n) is 9.68. The zero-order valence-electron chi connectivity index (χ0n) is 16.5. The highest BCUT2D eigenvalue weighted by atomic mass is 19.1. The van der Waals surface area contributed by atoms with E-state index >= 15 is 0 Å². The van der Waals surface area contributed by atoms with Gasteiger partial charge in [-0.1, -0.05) is 6.42 Å². The van der Waals surface area contributed by atoms with E-state index in [0.29, 0.717) is 30.9 Å². The summed E-state index contributed by atoms with van der Waals surface area (Å²) in [6.07, 6.45) is 5.81. The van der Waals surface area contributed by atoms with Crippen LogP contribution in [0.1, 0.15) is 56.7 Å². The number of hydrogen-bond donors (Lipinski definition) is 1. The Balaban J connectivity index is 0.000000166. The molecule has 7 nitrogen and oxygen atoms in total. The van der Waals surface area contributed by atoms with E-state index in [1.165, 1.54) is 20.5 Å². The molecular weight excluding hydrogens is 384 g/mol. The molecule has 1 aromatic carbocycles. The Hall–Kier alpha value is -2.71. The number of benzene rings is 1. The molecule has 0 atom stereocenters. The molecule has 0 spiro atoms. The third-order valence-corrected chi connectivity index (χ3v) is 4.78. The Morgan fingerprint density at radius 3 is 2.41 bits per heavy atom. The second-order valence-electron chi connectivity index (χ2n) is 7.25. The summed E-state index contributed by atoms with van der Waals surface area (Å²) in [4.78, 5) is 10.6. The lowest BCUT2D eigenvalue weighted by molar-refractivity contribution is -0.119. The van der Waals surface area contributed by atoms with Gasteiger partial charge in [0.1, 0.15) is 5.75 Å². The van der Waals surface area contributed by atoms with Gasteiger partial charge in [0.15, 0.2) is 17.4 Å². The van der Waals surface area contributed by atoms with Crippen LogP contribution in [0.4, 0.5) is 8.78 Å². The highest BCUT2D eigenvalue weighted by Crippen LogP contribution is 2.35. The maximum atomic E-state index is 13.2. The van der Waals surface area contributed by atoms with Crippen LogP contribution in [0.3, 0.4) is 0 Å². The van der Waals surface area contributed by atoms with Gasteiger partial charge >= 0.3 is 0 Å². The van der Waals surface area contributed by atoms with Crippen molar-refractivity contribution >= 4 is 5.91 Å². The predicted octanol–water partition coefficient (Wildman–Crippen LogP) is 3.74. The Bertz CT molecular complexity index is 812. The van der Waals surface area contributed by atoms with Crippen LogP contribution in [-0.2, 0) is 11.3 Å². The van der Waals surface area contributed by atoms with Gasteiger partial charge in [0, 0.05) is 25.0 Å². The molecule has 158 valence electrons. The Labute approximate surface area is 167 Å². The van der Waals surface area contributed by atoms with Crippen molar-refractivity contribution in [2.75, 3.05) is 13.7 Å². The number of ether oxygens (including phenoxy) is 2. The van der Waals surface area contributed by atoms with Gasteiger partial charge in [0.2, 0.25) is 17.7 Å². The van der Waals surface area contributed by atoms with Crippen LogP contribution in [0.25, 0.3) is 0 Å². The van der Waals surface area contributed by atoms with Gasteiger partial charge in [-0.3, -0.25) is 4.79 Å². The number of halogens is 2. The molecule has 0 aliphatic heterocycles. The number of rotatable bonds is 7. The quantitative estimate of drug-likeness (QED) is 0.750. The van der Waals surface area contributed by atoms with Gasteiger partial charge in [-0.2, -0.15) is 0 Å². The molecule has 1 amide bonds. The summed E-state index contributed by atoms with van der Waals surface area (Å²) in [6.45, 7) is 2.32. The first-order chi connectivity index (χ1) is 14.0. The van der Waals surface area contributed by atoms with Gasteiger partial charge in [-0.05, 0) is 31.6 Å². The normalized spacial score (nSPS) is 15.7. The number of carbonyl (C=O) groups excluding carboxylic acids is 1. The Kier molecular flexibility index (Phi) is 7.00. The van der Waals surface area contributed by atoms with E-state index in [1.807, 2.05) is 0 Å². The molecule has 2 aliphatic rings. The maximum absolute atomic E-state index is 13.2. The SMILES string of the molecule is CC(=O)NCc1nnc(C2CCC2)o1.COc1c(F)cc(OCC2CC2)cc1F. The van der Waals surface area contributed by atoms with Crippen LogP contribution in [0.5, 0.6) is 11.5 Å². The molecule has 9 heteroatoms. The molecule has 0 bridgehead atoms. The zero-order chi connectivity index (χ0) is 20.8. The third kappa shape index (κ3) is 6.13. The van der Waals surface area contributed by atoms with Gasteiger partial charge in [-0.15, -0.1) is 10.2 Å². The molecule has 1 aromatic heterocycles. The number of amides is 1. The van der Waals surface area contributed by atoms with Crippen molar-refractivity contribution in [1.82, 2.24) is 15.5 Å². The lowest BCUT2D eigenvalue weighted by Crippen LogP contribution is -2.19. The highest BCUT2D eigenvalue weighted by Gasteiger charge is 2.25. The van der Waals surface area contributed by atoms with Crippen molar-refractivity contribution in [3.63, 3.8) is 0 Å². The number of aromatic nitrogens is 2. The van der Waals surface area contributed by atoms with E-state index in [-0.39, 0.29) is 17.4 Å². The molecule has 2 aromatic rings. The molecule has 2 saturated carbocycles. The van der Waals surface area contributed by atoms with Crippen LogP contribution in [0.2, 0.25) is 0 Å². The van der Waals surface area contributed by atoms with E-state index in [4.69, 9.17) is 9.15 Å². The minimum atomic E-state index is -0.733. The Morgan fingerprint density at radius 2 is 1.90 bits per heavy atom. The molecule has 0 saturated heterocycles. The molecule has 2 fully saturated rings. The molecule has 2 aliphatic carbocycles. The summed E-state index contributed by atoms with van der Waals surface area (Å²) in [7, 11) is 1.23. The molecule has 1 heterocycles. The van der Waals surface area contributed by atoms with Crippen molar-refractivity contribution in [2.45, 2.75) is 51.5 Å². The molecule has 4 rings (SSSR count). The standard InChI is InChI=1S/C11H12F2O2.C9H13N3O2/c1-14-11-9(12)4-8(5-10(11)13)15-6-7-2-3-7;1-6(13)10-5-8-11-12-9(14-8)7-3-2-4-7/h4-5,7H,2-3,6H2,1H3;7H,2-5H2,1H3,(H,10,13). The molecule has 0 radical (unpaired) electrons. The topological polar surface area (TPSA) is 86.5 Å². The van der Waals surface area contributed by atoms with Crippen molar-refractivity contribution in [3.8, 4) is 11.5 Å². The molecular formula is C20H25F2N3O4. The van der Waals surface area contributed by atoms with Crippen molar-refractivity contribution < 1.29 is 27.5 Å². The van der Waals surface area contributed by atoms with E-state index in [1.54, 1.807) is 0 Å². The number of nitrogens with one attached hydrogen (secondary N) is 1. The van der Waals surface area contributed by atoms with Gasteiger partial charge in [0.25, 0.3) is 0 Å². The Morgan fingerprint density at radius 1 is 1.21 bits per heavy atom. The number of methoxy groups -OCH3 is 1. The van der Waals surface area contributed by atoms with Gasteiger partial charge in [0.05, 0.1) is 20.3 Å². The maximum Gasteiger partial charge on any atom is 0.235 e. The number of hydrogen-bond acceptors (Lipinski definition) is 6. The van der Waals surface area contributed by atoms with Crippen LogP contribution < -0.4 is 14.8 Å². The van der Waals surface area contributed by atoms with Crippen molar-refractivity contribution in [2.24, 2.45) is 5.92 Å². The molecule has 1 N–H and O–H groups in total. The minimum absolute atomic E-state index is 0.0894. The van der Waals surface area contributed by atoms with Crippen LogP contribution in [0.15, 0.2) is 16.5 Å². The predicted molar refractivity (Wildman–Crippen MR) is 99.5 cm³/mol. The summed E-state index contributed by atoms with van der Waals surface area (Å²) in [5.74, 6) is 0.511. The zero-order valence-corrected chi connectivity index (χ0v) is 16.5. The van der Waals surface area contributed by atoms with Gasteiger partial charge < -0.3 is 19.2 Å². The number of carbonyl (C=O) groups is 1. The summed E-state index contributed by atoms with van der Waals surface area (Å²) >= 11 is 0. The fourth-order valence-corrected chi connectivity index (χ4v) is 2.67. The monoisotopic (exact) mass is 409 g/mol. The molecule has 0 unspecified atom stereocenters. The van der Waals surface area contributed by atoms with Gasteiger partial charge in [-0.25, -0.2) is 8.78 Å². The third-order valence-electron chi connectivity index (χ3n) is 4.78.